The Hall–Kier alpha value is -1.39. The highest BCUT2D eigenvalue weighted by Gasteiger charge is 2.33. The Morgan fingerprint density at radius 3 is 2.38 bits per heavy atom. The van der Waals surface area contributed by atoms with E-state index < -0.39 is 0 Å². The first kappa shape index (κ1) is 20.9. The lowest BCUT2D eigenvalue weighted by atomic mass is 9.91. The van der Waals surface area contributed by atoms with Gasteiger partial charge < -0.3 is 9.80 Å². The van der Waals surface area contributed by atoms with Gasteiger partial charge in [0.2, 0.25) is 5.91 Å². The Morgan fingerprint density at radius 2 is 1.69 bits per heavy atom. The van der Waals surface area contributed by atoms with Gasteiger partial charge in [-0.2, -0.15) is 0 Å². The summed E-state index contributed by atoms with van der Waals surface area (Å²) in [5.41, 5.74) is 2.88. The second kappa shape index (κ2) is 9.61. The summed E-state index contributed by atoms with van der Waals surface area (Å²) in [6.07, 6.45) is 7.14. The lowest BCUT2D eigenvalue weighted by Gasteiger charge is -2.42. The van der Waals surface area contributed by atoms with E-state index in [0.29, 0.717) is 17.9 Å². The van der Waals surface area contributed by atoms with E-state index in [2.05, 4.69) is 52.8 Å². The van der Waals surface area contributed by atoms with Crippen molar-refractivity contribution in [1.29, 1.82) is 0 Å². The van der Waals surface area contributed by atoms with Gasteiger partial charge in [0.25, 0.3) is 0 Å². The first-order chi connectivity index (χ1) is 14.1. The number of likely N-dealkylation sites (tertiary alicyclic amines) is 3. The van der Waals surface area contributed by atoms with Crippen molar-refractivity contribution >= 4 is 5.91 Å². The number of carbonyl (C=O) groups is 1. The van der Waals surface area contributed by atoms with Crippen molar-refractivity contribution in [2.24, 2.45) is 11.8 Å². The summed E-state index contributed by atoms with van der Waals surface area (Å²) in [4.78, 5) is 20.4. The molecule has 0 radical (unpaired) electrons. The molecule has 3 heterocycles. The van der Waals surface area contributed by atoms with Gasteiger partial charge in [-0.1, -0.05) is 31.2 Å². The molecule has 3 saturated heterocycles. The van der Waals surface area contributed by atoms with Crippen LogP contribution in [0.3, 0.4) is 0 Å². The summed E-state index contributed by atoms with van der Waals surface area (Å²) < 4.78 is 0. The van der Waals surface area contributed by atoms with Crippen molar-refractivity contribution in [1.82, 2.24) is 14.7 Å². The molecule has 160 valence electrons. The highest BCUT2D eigenvalue weighted by molar-refractivity contribution is 5.79. The Morgan fingerprint density at radius 1 is 0.966 bits per heavy atom. The number of rotatable bonds is 4. The van der Waals surface area contributed by atoms with E-state index in [0.717, 1.165) is 45.6 Å². The van der Waals surface area contributed by atoms with Crippen molar-refractivity contribution in [2.45, 2.75) is 65.0 Å². The summed E-state index contributed by atoms with van der Waals surface area (Å²) in [7, 11) is 0. The minimum atomic E-state index is 0.276. The molecule has 4 heteroatoms. The molecule has 0 saturated carbocycles. The van der Waals surface area contributed by atoms with Crippen molar-refractivity contribution in [3.8, 4) is 0 Å². The largest absolute Gasteiger partial charge is 0.342 e. The molecule has 0 bridgehead atoms. The van der Waals surface area contributed by atoms with Crippen LogP contribution < -0.4 is 0 Å². The smallest absolute Gasteiger partial charge is 0.225 e. The molecule has 3 aliphatic rings. The molecule has 0 aliphatic carbocycles. The summed E-state index contributed by atoms with van der Waals surface area (Å²) in [5.74, 6) is 1.40. The van der Waals surface area contributed by atoms with Gasteiger partial charge in [-0.15, -0.1) is 0 Å². The van der Waals surface area contributed by atoms with Crippen LogP contribution in [0.25, 0.3) is 0 Å². The maximum atomic E-state index is 12.9. The molecule has 0 N–H and O–H groups in total. The van der Waals surface area contributed by atoms with E-state index in [9.17, 15) is 4.79 Å². The summed E-state index contributed by atoms with van der Waals surface area (Å²) in [5, 5.41) is 0. The molecule has 0 aromatic heterocycles. The zero-order chi connectivity index (χ0) is 20.2. The predicted molar refractivity (Wildman–Crippen MR) is 119 cm³/mol. The highest BCUT2D eigenvalue weighted by atomic mass is 16.2. The van der Waals surface area contributed by atoms with Crippen LogP contribution in [-0.4, -0.2) is 65.9 Å². The third-order valence-corrected chi connectivity index (χ3v) is 7.58. The van der Waals surface area contributed by atoms with Crippen LogP contribution in [0.2, 0.25) is 0 Å². The molecule has 4 rings (SSSR count). The zero-order valence-corrected chi connectivity index (χ0v) is 18.5. The van der Waals surface area contributed by atoms with Gasteiger partial charge in [0.05, 0.1) is 0 Å². The molecule has 1 atom stereocenters. The monoisotopic (exact) mass is 397 g/mol. The Kier molecular flexibility index (Phi) is 6.92. The second-order valence-electron chi connectivity index (χ2n) is 9.78. The van der Waals surface area contributed by atoms with Gasteiger partial charge in [-0.05, 0) is 88.7 Å². The molecule has 3 aliphatic heterocycles. The van der Waals surface area contributed by atoms with Crippen molar-refractivity contribution in [3.63, 3.8) is 0 Å². The van der Waals surface area contributed by atoms with Crippen molar-refractivity contribution < 1.29 is 4.79 Å². The minimum Gasteiger partial charge on any atom is -0.342 e. The Labute approximate surface area is 177 Å². The fourth-order valence-corrected chi connectivity index (χ4v) is 5.63. The molecule has 1 amide bonds. The highest BCUT2D eigenvalue weighted by Crippen LogP contribution is 2.27. The average Bonchev–Trinajstić information content (AvgIpc) is 2.75. The Bertz CT molecular complexity index is 674. The number of aryl methyl sites for hydroxylation is 1. The third kappa shape index (κ3) is 5.21. The van der Waals surface area contributed by atoms with Gasteiger partial charge in [0.1, 0.15) is 0 Å². The topological polar surface area (TPSA) is 26.8 Å². The summed E-state index contributed by atoms with van der Waals surface area (Å²) in [6.45, 7) is 12.2. The van der Waals surface area contributed by atoms with Crippen LogP contribution in [-0.2, 0) is 11.3 Å². The van der Waals surface area contributed by atoms with E-state index in [1.165, 1.54) is 49.9 Å². The molecular weight excluding hydrogens is 358 g/mol. The number of nitrogens with zero attached hydrogens (tertiary/aromatic N) is 3. The maximum Gasteiger partial charge on any atom is 0.225 e. The molecule has 0 spiro atoms. The molecule has 1 aromatic carbocycles. The van der Waals surface area contributed by atoms with E-state index in [-0.39, 0.29) is 5.92 Å². The zero-order valence-electron chi connectivity index (χ0n) is 18.5. The molecule has 3 fully saturated rings. The molecule has 0 unspecified atom stereocenters. The number of benzene rings is 1. The van der Waals surface area contributed by atoms with E-state index in [4.69, 9.17) is 0 Å². The third-order valence-electron chi connectivity index (χ3n) is 7.58. The number of amides is 1. The van der Waals surface area contributed by atoms with E-state index in [1.54, 1.807) is 0 Å². The lowest BCUT2D eigenvalue weighted by Crippen LogP contribution is -2.50. The van der Waals surface area contributed by atoms with E-state index in [1.807, 2.05) is 0 Å². The van der Waals surface area contributed by atoms with Crippen LogP contribution >= 0.6 is 0 Å². The minimum absolute atomic E-state index is 0.276. The number of hydrogen-bond acceptors (Lipinski definition) is 3. The molecular formula is C25H39N3O. The first-order valence-corrected chi connectivity index (χ1v) is 11.9. The van der Waals surface area contributed by atoms with Crippen LogP contribution in [0.1, 0.15) is 56.6 Å². The van der Waals surface area contributed by atoms with Gasteiger partial charge in [0.15, 0.2) is 0 Å². The standard InChI is InChI=1S/C25H39N3O/c1-20-6-5-13-28(18-20)25(29)22-9-16-27(17-10-22)24-11-14-26(15-12-24)19-23-8-4-3-7-21(23)2/h3-4,7-8,20,22,24H,5-6,9-19H2,1-2H3/t20-/m0/s1. The maximum absolute atomic E-state index is 12.9. The number of hydrogen-bond donors (Lipinski definition) is 0. The van der Waals surface area contributed by atoms with Crippen LogP contribution in [0.4, 0.5) is 0 Å². The molecule has 29 heavy (non-hydrogen) atoms. The molecule has 4 nitrogen and oxygen atoms in total. The Balaban J connectivity index is 1.21. The average molecular weight is 398 g/mol. The SMILES string of the molecule is Cc1ccccc1CN1CCC(N2CCC(C(=O)N3CCC[C@H](C)C3)CC2)CC1. The van der Waals surface area contributed by atoms with Gasteiger partial charge >= 0.3 is 0 Å². The van der Waals surface area contributed by atoms with Crippen LogP contribution in [0, 0.1) is 18.8 Å². The summed E-state index contributed by atoms with van der Waals surface area (Å²) >= 11 is 0. The second-order valence-corrected chi connectivity index (χ2v) is 9.78. The quantitative estimate of drug-likeness (QED) is 0.770. The predicted octanol–water partition coefficient (Wildman–Crippen LogP) is 3.93. The van der Waals surface area contributed by atoms with E-state index >= 15 is 0 Å². The number of piperidine rings is 3. The lowest BCUT2D eigenvalue weighted by molar-refractivity contribution is -0.139. The van der Waals surface area contributed by atoms with Crippen LogP contribution in [0.5, 0.6) is 0 Å². The van der Waals surface area contributed by atoms with Gasteiger partial charge in [0, 0.05) is 31.6 Å². The van der Waals surface area contributed by atoms with Gasteiger partial charge in [-0.25, -0.2) is 0 Å². The fraction of sp³-hybridized carbons (Fsp3) is 0.720. The summed E-state index contributed by atoms with van der Waals surface area (Å²) in [6, 6.07) is 9.50. The van der Waals surface area contributed by atoms with Crippen molar-refractivity contribution in [2.75, 3.05) is 39.3 Å². The molecule has 1 aromatic rings. The van der Waals surface area contributed by atoms with Gasteiger partial charge in [-0.3, -0.25) is 9.69 Å². The van der Waals surface area contributed by atoms with Crippen LogP contribution in [0.15, 0.2) is 24.3 Å². The first-order valence-electron chi connectivity index (χ1n) is 11.9. The number of carbonyl (C=O) groups excluding carboxylic acids is 1. The van der Waals surface area contributed by atoms with Crippen molar-refractivity contribution in [3.05, 3.63) is 35.4 Å². The normalized spacial score (nSPS) is 26.0. The fourth-order valence-electron chi connectivity index (χ4n) is 5.63.